The van der Waals surface area contributed by atoms with E-state index in [0.29, 0.717) is 17.4 Å². The van der Waals surface area contributed by atoms with Crippen molar-refractivity contribution in [2.24, 2.45) is 0 Å². The highest BCUT2D eigenvalue weighted by molar-refractivity contribution is 7.47. The van der Waals surface area contributed by atoms with Gasteiger partial charge in [0.2, 0.25) is 5.91 Å². The molecule has 0 aromatic rings. The van der Waals surface area contributed by atoms with Gasteiger partial charge in [-0.05, 0) is 89.9 Å². The van der Waals surface area contributed by atoms with Crippen LogP contribution in [0.5, 0.6) is 0 Å². The Morgan fingerprint density at radius 1 is 0.412 bits per heavy atom. The molecule has 1 amide bonds. The van der Waals surface area contributed by atoms with Crippen LogP contribution in [0.1, 0.15) is 328 Å². The molecule has 0 aromatic heterocycles. The van der Waals surface area contributed by atoms with Gasteiger partial charge in [0.25, 0.3) is 0 Å². The quantitative estimate of drug-likeness (QED) is 0.0243. The second-order valence-corrected chi connectivity index (χ2v) is 27.0. The number of rotatable bonds is 66. The Morgan fingerprint density at radius 2 is 0.718 bits per heavy atom. The van der Waals surface area contributed by atoms with Crippen molar-refractivity contribution >= 4 is 13.7 Å². The number of phosphoric ester groups is 1. The minimum Gasteiger partial charge on any atom is -0.387 e. The van der Waals surface area contributed by atoms with E-state index in [9.17, 15) is 19.4 Å². The van der Waals surface area contributed by atoms with Crippen LogP contribution >= 0.6 is 7.82 Å². The van der Waals surface area contributed by atoms with Crippen LogP contribution in [0.4, 0.5) is 0 Å². The number of phosphoric acid groups is 1. The first kappa shape index (κ1) is 82.4. The van der Waals surface area contributed by atoms with E-state index in [2.05, 4.69) is 104 Å². The summed E-state index contributed by atoms with van der Waals surface area (Å²) in [7, 11) is 1.55. The fourth-order valence-corrected chi connectivity index (χ4v) is 11.2. The van der Waals surface area contributed by atoms with Crippen molar-refractivity contribution in [2.75, 3.05) is 40.9 Å². The van der Waals surface area contributed by atoms with Crippen molar-refractivity contribution in [1.29, 1.82) is 0 Å². The molecule has 3 atom stereocenters. The number of unbranched alkanes of at least 4 members (excludes halogenated alkanes) is 39. The third-order valence-corrected chi connectivity index (χ3v) is 17.0. The number of nitrogens with one attached hydrogen (secondary N) is 1. The average Bonchev–Trinajstić information content (AvgIpc) is 3.49. The van der Waals surface area contributed by atoms with Crippen LogP contribution in [-0.2, 0) is 18.4 Å². The molecule has 0 saturated carbocycles. The molecule has 85 heavy (non-hydrogen) atoms. The molecule has 0 saturated heterocycles. The molecular formula is C76H140N2O6P+. The van der Waals surface area contributed by atoms with Gasteiger partial charge in [-0.3, -0.25) is 13.8 Å². The zero-order valence-corrected chi connectivity index (χ0v) is 57.5. The van der Waals surface area contributed by atoms with E-state index in [1.165, 1.54) is 231 Å². The maximum absolute atomic E-state index is 13.1. The van der Waals surface area contributed by atoms with Crippen molar-refractivity contribution in [3.63, 3.8) is 0 Å². The number of aliphatic hydroxyl groups is 1. The first-order chi connectivity index (χ1) is 41.5. The lowest BCUT2D eigenvalue weighted by Crippen LogP contribution is -2.45. The molecule has 0 bridgehead atoms. The SMILES string of the molecule is CC/C=C\C/C=C\C/C=C\C/C=C\C/C=C\CCCCCCCCCCCCCCCCCCCCCCCC(=O)NC(COP(=O)(O)OCC[N+](C)(C)C)C(O)/C=C/CC/C=C/CC/C=C/CCCCCCCCCCCCCCCCCC. The summed E-state index contributed by atoms with van der Waals surface area (Å²) in [5, 5.41) is 14.0. The first-order valence-corrected chi connectivity index (χ1v) is 37.6. The molecule has 8 nitrogen and oxygen atoms in total. The Hall–Kier alpha value is -2.58. The smallest absolute Gasteiger partial charge is 0.387 e. The summed E-state index contributed by atoms with van der Waals surface area (Å²) in [6, 6.07) is -0.874. The number of carbonyl (C=O) groups excluding carboxylic acids is 1. The predicted molar refractivity (Wildman–Crippen MR) is 373 cm³/mol. The fourth-order valence-electron chi connectivity index (χ4n) is 10.5. The summed E-state index contributed by atoms with van der Waals surface area (Å²) >= 11 is 0. The van der Waals surface area contributed by atoms with Gasteiger partial charge in [-0.15, -0.1) is 0 Å². The van der Waals surface area contributed by atoms with Crippen LogP contribution in [0.3, 0.4) is 0 Å². The Kier molecular flexibility index (Phi) is 63.9. The summed E-state index contributed by atoms with van der Waals surface area (Å²) in [5.74, 6) is -0.188. The fraction of sp³-hybridized carbons (Fsp3) is 0.776. The van der Waals surface area contributed by atoms with Crippen LogP contribution < -0.4 is 5.32 Å². The lowest BCUT2D eigenvalue weighted by Gasteiger charge is -2.25. The molecule has 0 aliphatic heterocycles. The van der Waals surface area contributed by atoms with E-state index < -0.39 is 20.0 Å². The van der Waals surface area contributed by atoms with Crippen molar-refractivity contribution in [1.82, 2.24) is 5.32 Å². The van der Waals surface area contributed by atoms with Gasteiger partial charge in [-0.1, -0.05) is 329 Å². The van der Waals surface area contributed by atoms with Gasteiger partial charge in [0, 0.05) is 6.42 Å². The number of hydrogen-bond donors (Lipinski definition) is 3. The number of nitrogens with zero attached hydrogens (tertiary/aromatic N) is 1. The van der Waals surface area contributed by atoms with Crippen LogP contribution in [0, 0.1) is 0 Å². The zero-order chi connectivity index (χ0) is 61.9. The van der Waals surface area contributed by atoms with E-state index >= 15 is 0 Å². The number of aliphatic hydroxyl groups excluding tert-OH is 1. The largest absolute Gasteiger partial charge is 0.472 e. The first-order valence-electron chi connectivity index (χ1n) is 36.1. The van der Waals surface area contributed by atoms with Gasteiger partial charge < -0.3 is 19.8 Å². The molecule has 0 rings (SSSR count). The number of quaternary nitrogens is 1. The van der Waals surface area contributed by atoms with Crippen LogP contribution in [-0.4, -0.2) is 73.4 Å². The third kappa shape index (κ3) is 68.8. The molecule has 9 heteroatoms. The third-order valence-electron chi connectivity index (χ3n) is 16.0. The zero-order valence-electron chi connectivity index (χ0n) is 56.6. The van der Waals surface area contributed by atoms with Crippen LogP contribution in [0.2, 0.25) is 0 Å². The van der Waals surface area contributed by atoms with E-state index in [0.717, 1.165) is 77.0 Å². The highest BCUT2D eigenvalue weighted by atomic mass is 31.2. The van der Waals surface area contributed by atoms with Crippen LogP contribution in [0.25, 0.3) is 0 Å². The molecule has 0 aliphatic carbocycles. The molecule has 0 aromatic carbocycles. The lowest BCUT2D eigenvalue weighted by molar-refractivity contribution is -0.870. The number of allylic oxidation sites excluding steroid dienone is 15. The van der Waals surface area contributed by atoms with E-state index in [4.69, 9.17) is 9.05 Å². The monoisotopic (exact) mass is 1210 g/mol. The minimum absolute atomic E-state index is 0.0520. The number of likely N-dealkylation sites (N-methyl/N-ethyl adjacent to an activating group) is 1. The predicted octanol–water partition coefficient (Wildman–Crippen LogP) is 23.3. The maximum atomic E-state index is 13.1. The Balaban J connectivity index is 4.06. The standard InChI is InChI=1S/C76H139N2O6P/c1-6-8-10-12-14-16-18-20-22-24-26-28-30-32-34-35-36-37-38-39-40-41-42-43-44-46-48-50-52-54-56-58-60-62-64-66-68-70-76(80)77-74(73-84-85(81,82)83-72-71-78(3,4)5)75(79)69-67-65-63-61-59-57-55-53-51-49-47-45-33-31-29-27-25-23-21-19-17-15-13-11-9-7-2/h8,10,14,16,20,22,26,28,32,34,51,53,59,61,67,69,74-75,79H,6-7,9,11-13,15,17-19,21,23-25,27,29-31,33,35-50,52,54-58,60,62-66,68,70-73H2,1-5H3,(H-,77,80,81,82)/p+1/b10-8-,16-14-,22-20-,28-26-,34-32-,53-51+,61-59+,69-67+. The summed E-state index contributed by atoms with van der Waals surface area (Å²) in [4.78, 5) is 23.4. The van der Waals surface area contributed by atoms with Crippen molar-refractivity contribution in [2.45, 2.75) is 341 Å². The number of hydrogen-bond acceptors (Lipinski definition) is 5. The van der Waals surface area contributed by atoms with E-state index in [-0.39, 0.29) is 19.1 Å². The summed E-state index contributed by atoms with van der Waals surface area (Å²) in [5.41, 5.74) is 0. The summed E-state index contributed by atoms with van der Waals surface area (Å²) in [6.45, 7) is 4.71. The Bertz CT molecular complexity index is 1710. The number of amides is 1. The molecule has 3 unspecified atom stereocenters. The molecule has 0 aliphatic rings. The molecule has 0 spiro atoms. The van der Waals surface area contributed by atoms with Gasteiger partial charge in [0.1, 0.15) is 13.2 Å². The lowest BCUT2D eigenvalue weighted by atomic mass is 10.0. The average molecular weight is 1210 g/mol. The summed E-state index contributed by atoms with van der Waals surface area (Å²) < 4.78 is 23.8. The van der Waals surface area contributed by atoms with Gasteiger partial charge in [0.05, 0.1) is 39.9 Å². The van der Waals surface area contributed by atoms with Crippen molar-refractivity contribution in [3.05, 3.63) is 97.2 Å². The molecule has 0 fully saturated rings. The molecule has 0 heterocycles. The molecule has 3 N–H and O–H groups in total. The van der Waals surface area contributed by atoms with Gasteiger partial charge in [0.15, 0.2) is 0 Å². The second-order valence-electron chi connectivity index (χ2n) is 25.6. The van der Waals surface area contributed by atoms with E-state index in [1.54, 1.807) is 6.08 Å². The summed E-state index contributed by atoms with van der Waals surface area (Å²) in [6.07, 6.45) is 95.7. The van der Waals surface area contributed by atoms with E-state index in [1.807, 2.05) is 27.2 Å². The minimum atomic E-state index is -4.37. The van der Waals surface area contributed by atoms with Crippen LogP contribution in [0.15, 0.2) is 97.2 Å². The maximum Gasteiger partial charge on any atom is 0.472 e. The Morgan fingerprint density at radius 3 is 1.08 bits per heavy atom. The topological polar surface area (TPSA) is 105 Å². The highest BCUT2D eigenvalue weighted by Gasteiger charge is 2.28. The molecule has 494 valence electrons. The van der Waals surface area contributed by atoms with Gasteiger partial charge in [-0.2, -0.15) is 0 Å². The normalized spacial score (nSPS) is 14.2. The van der Waals surface area contributed by atoms with Crippen molar-refractivity contribution in [3.8, 4) is 0 Å². The molecular weight excluding hydrogens is 1070 g/mol. The highest BCUT2D eigenvalue weighted by Crippen LogP contribution is 2.43. The van der Waals surface area contributed by atoms with Crippen molar-refractivity contribution < 1.29 is 32.9 Å². The van der Waals surface area contributed by atoms with Gasteiger partial charge >= 0.3 is 7.82 Å². The van der Waals surface area contributed by atoms with Gasteiger partial charge in [-0.25, -0.2) is 4.57 Å². The Labute approximate surface area is 528 Å². The number of carbonyl (C=O) groups is 1. The second kappa shape index (κ2) is 65.9. The molecule has 0 radical (unpaired) electrons.